The molecule has 0 saturated carbocycles. The van der Waals surface area contributed by atoms with Crippen molar-refractivity contribution in [2.75, 3.05) is 25.1 Å². The van der Waals surface area contributed by atoms with Crippen molar-refractivity contribution in [1.82, 2.24) is 5.32 Å². The van der Waals surface area contributed by atoms with Gasteiger partial charge in [0.15, 0.2) is 0 Å². The van der Waals surface area contributed by atoms with Crippen LogP contribution in [-0.4, -0.2) is 25.1 Å². The molecule has 0 fully saturated rings. The molecule has 0 aromatic heterocycles. The Bertz CT molecular complexity index is 135. The standard InChI is InChI=1S/C10H19NS/c1-3-4-5-8-11-9-6-7-10-12-2/h11H,5-10H2,1-2H3. The molecule has 1 N–H and O–H groups in total. The summed E-state index contributed by atoms with van der Waals surface area (Å²) >= 11 is 1.92. The molecule has 0 spiro atoms. The first-order valence-corrected chi connectivity index (χ1v) is 5.90. The van der Waals surface area contributed by atoms with Crippen LogP contribution in [0.15, 0.2) is 0 Å². The number of unbranched alkanes of at least 4 members (excludes halogenated alkanes) is 1. The minimum Gasteiger partial charge on any atom is -0.316 e. The Hall–Kier alpha value is -0.130. The maximum Gasteiger partial charge on any atom is 0.0214 e. The van der Waals surface area contributed by atoms with Gasteiger partial charge in [-0.25, -0.2) is 0 Å². The topological polar surface area (TPSA) is 12.0 Å². The molecular weight excluding hydrogens is 166 g/mol. The first-order valence-electron chi connectivity index (χ1n) is 4.51. The molecule has 0 aliphatic heterocycles. The Morgan fingerprint density at radius 3 is 2.75 bits per heavy atom. The monoisotopic (exact) mass is 185 g/mol. The summed E-state index contributed by atoms with van der Waals surface area (Å²) in [5, 5.41) is 3.37. The Kier molecular flexibility index (Phi) is 10.8. The van der Waals surface area contributed by atoms with Crippen LogP contribution in [0.3, 0.4) is 0 Å². The normalized spacial score (nSPS) is 9.17. The van der Waals surface area contributed by atoms with Crippen LogP contribution in [-0.2, 0) is 0 Å². The molecule has 0 unspecified atom stereocenters. The van der Waals surface area contributed by atoms with Crippen molar-refractivity contribution in [2.24, 2.45) is 0 Å². The van der Waals surface area contributed by atoms with E-state index in [9.17, 15) is 0 Å². The molecular formula is C10H19NS. The number of hydrogen-bond donors (Lipinski definition) is 1. The second-order valence-electron chi connectivity index (χ2n) is 2.63. The Morgan fingerprint density at radius 1 is 1.25 bits per heavy atom. The van der Waals surface area contributed by atoms with Crippen LogP contribution in [0, 0.1) is 11.8 Å². The van der Waals surface area contributed by atoms with Gasteiger partial charge in [-0.3, -0.25) is 0 Å². The van der Waals surface area contributed by atoms with Crippen LogP contribution in [0.5, 0.6) is 0 Å². The first kappa shape index (κ1) is 11.9. The first-order chi connectivity index (χ1) is 5.91. The van der Waals surface area contributed by atoms with E-state index in [1.165, 1.54) is 18.6 Å². The van der Waals surface area contributed by atoms with E-state index in [1.54, 1.807) is 0 Å². The molecule has 0 aliphatic carbocycles. The lowest BCUT2D eigenvalue weighted by atomic mass is 10.3. The van der Waals surface area contributed by atoms with Gasteiger partial charge in [-0.2, -0.15) is 11.8 Å². The summed E-state index contributed by atoms with van der Waals surface area (Å²) in [5.41, 5.74) is 0. The van der Waals surface area contributed by atoms with Crippen molar-refractivity contribution in [3.05, 3.63) is 0 Å². The number of hydrogen-bond acceptors (Lipinski definition) is 2. The smallest absolute Gasteiger partial charge is 0.0214 e. The third-order valence-electron chi connectivity index (χ3n) is 1.56. The van der Waals surface area contributed by atoms with Crippen LogP contribution < -0.4 is 5.32 Å². The fourth-order valence-corrected chi connectivity index (χ4v) is 1.39. The van der Waals surface area contributed by atoms with E-state index in [-0.39, 0.29) is 0 Å². The van der Waals surface area contributed by atoms with Gasteiger partial charge in [-0.05, 0) is 38.3 Å². The largest absolute Gasteiger partial charge is 0.316 e. The molecule has 0 atom stereocenters. The van der Waals surface area contributed by atoms with Crippen LogP contribution >= 0.6 is 11.8 Å². The molecule has 2 heteroatoms. The zero-order valence-corrected chi connectivity index (χ0v) is 8.97. The fraction of sp³-hybridized carbons (Fsp3) is 0.800. The van der Waals surface area contributed by atoms with E-state index in [1.807, 2.05) is 18.7 Å². The van der Waals surface area contributed by atoms with Crippen molar-refractivity contribution < 1.29 is 0 Å². The quantitative estimate of drug-likeness (QED) is 0.482. The van der Waals surface area contributed by atoms with Gasteiger partial charge in [-0.15, -0.1) is 11.8 Å². The van der Waals surface area contributed by atoms with Gasteiger partial charge in [0.25, 0.3) is 0 Å². The summed E-state index contributed by atoms with van der Waals surface area (Å²) in [6.45, 7) is 4.07. The SMILES string of the molecule is CC#CCCNCCCCSC. The van der Waals surface area contributed by atoms with Gasteiger partial charge in [0.05, 0.1) is 0 Å². The lowest BCUT2D eigenvalue weighted by molar-refractivity contribution is 0.651. The second-order valence-corrected chi connectivity index (χ2v) is 3.61. The average molecular weight is 185 g/mol. The minimum absolute atomic E-state index is 0.985. The van der Waals surface area contributed by atoms with Crippen molar-refractivity contribution in [3.8, 4) is 11.8 Å². The molecule has 0 radical (unpaired) electrons. The molecule has 1 nitrogen and oxygen atoms in total. The van der Waals surface area contributed by atoms with Crippen LogP contribution in [0.4, 0.5) is 0 Å². The second kappa shape index (κ2) is 10.9. The summed E-state index contributed by atoms with van der Waals surface area (Å²) < 4.78 is 0. The molecule has 0 aromatic rings. The molecule has 12 heavy (non-hydrogen) atoms. The maximum absolute atomic E-state index is 3.37. The highest BCUT2D eigenvalue weighted by atomic mass is 32.2. The third-order valence-corrected chi connectivity index (χ3v) is 2.25. The van der Waals surface area contributed by atoms with Crippen molar-refractivity contribution in [3.63, 3.8) is 0 Å². The molecule has 0 amide bonds. The van der Waals surface area contributed by atoms with E-state index in [4.69, 9.17) is 0 Å². The van der Waals surface area contributed by atoms with E-state index in [2.05, 4.69) is 23.4 Å². The molecule has 70 valence electrons. The van der Waals surface area contributed by atoms with Gasteiger partial charge in [0.1, 0.15) is 0 Å². The van der Waals surface area contributed by atoms with Crippen LogP contribution in [0.2, 0.25) is 0 Å². The highest BCUT2D eigenvalue weighted by Crippen LogP contribution is 1.97. The van der Waals surface area contributed by atoms with E-state index >= 15 is 0 Å². The number of rotatable bonds is 7. The lowest BCUT2D eigenvalue weighted by Gasteiger charge is -2.00. The van der Waals surface area contributed by atoms with E-state index < -0.39 is 0 Å². The van der Waals surface area contributed by atoms with E-state index in [0.717, 1.165) is 19.5 Å². The summed E-state index contributed by atoms with van der Waals surface area (Å²) in [6, 6.07) is 0. The van der Waals surface area contributed by atoms with Crippen molar-refractivity contribution in [1.29, 1.82) is 0 Å². The number of thioether (sulfide) groups is 1. The number of nitrogens with one attached hydrogen (secondary N) is 1. The molecule has 0 saturated heterocycles. The lowest BCUT2D eigenvalue weighted by Crippen LogP contribution is -2.16. The van der Waals surface area contributed by atoms with E-state index in [0.29, 0.717) is 0 Å². The fourth-order valence-electron chi connectivity index (χ4n) is 0.897. The predicted molar refractivity (Wildman–Crippen MR) is 58.6 cm³/mol. The summed E-state index contributed by atoms with van der Waals surface area (Å²) in [4.78, 5) is 0. The predicted octanol–water partition coefficient (Wildman–Crippen LogP) is 2.13. The zero-order chi connectivity index (χ0) is 9.07. The maximum atomic E-state index is 3.37. The van der Waals surface area contributed by atoms with Crippen LogP contribution in [0.25, 0.3) is 0 Å². The zero-order valence-electron chi connectivity index (χ0n) is 8.15. The third kappa shape index (κ3) is 9.87. The van der Waals surface area contributed by atoms with Gasteiger partial charge in [-0.1, -0.05) is 0 Å². The molecule has 0 rings (SSSR count). The Morgan fingerprint density at radius 2 is 2.08 bits per heavy atom. The molecule has 0 bridgehead atoms. The van der Waals surface area contributed by atoms with Crippen LogP contribution in [0.1, 0.15) is 26.2 Å². The highest BCUT2D eigenvalue weighted by molar-refractivity contribution is 7.98. The molecule has 0 aliphatic rings. The minimum atomic E-state index is 0.985. The van der Waals surface area contributed by atoms with Gasteiger partial charge < -0.3 is 5.32 Å². The van der Waals surface area contributed by atoms with Crippen molar-refractivity contribution in [2.45, 2.75) is 26.2 Å². The Labute approximate surface area is 80.7 Å². The van der Waals surface area contributed by atoms with Gasteiger partial charge in [0, 0.05) is 13.0 Å². The summed E-state index contributed by atoms with van der Waals surface area (Å²) in [7, 11) is 0. The average Bonchev–Trinajstić information content (AvgIpc) is 2.10. The molecule has 0 aromatic carbocycles. The van der Waals surface area contributed by atoms with Gasteiger partial charge >= 0.3 is 0 Å². The van der Waals surface area contributed by atoms with Crippen molar-refractivity contribution >= 4 is 11.8 Å². The Balaban J connectivity index is 2.84. The summed E-state index contributed by atoms with van der Waals surface area (Å²) in [5.74, 6) is 7.21. The highest BCUT2D eigenvalue weighted by Gasteiger charge is 1.86. The molecule has 0 heterocycles. The summed E-state index contributed by atoms with van der Waals surface area (Å²) in [6.07, 6.45) is 5.76. The van der Waals surface area contributed by atoms with Gasteiger partial charge in [0.2, 0.25) is 0 Å².